The van der Waals surface area contributed by atoms with Gasteiger partial charge in [-0.05, 0) is 49.4 Å². The number of nitrogens with one attached hydrogen (secondary N) is 2. The highest BCUT2D eigenvalue weighted by Gasteiger charge is 2.17. The Morgan fingerprint density at radius 2 is 1.62 bits per heavy atom. The number of nitrogens with zero attached hydrogens (tertiary/aromatic N) is 4. The van der Waals surface area contributed by atoms with Crippen LogP contribution in [0.4, 0.5) is 8.78 Å². The molecule has 1 aliphatic rings. The minimum Gasteiger partial charge on any atom is -0.488 e. The summed E-state index contributed by atoms with van der Waals surface area (Å²) in [6.07, 6.45) is 0.666. The standard InChI is InChI=1S/C26H28F2N6O3.C2H6/c1-32-8-10-33(11-9-32)7-2-12-37-25-19(27)14-18(15-20(25)28)21-5-6-24(35)34(31-21)16-17-3-4-22-23(13-17)30-26(36)29-22;1-2/h3-6,13-15H,2,7-12,16H2,1H3,(H2,29,30,36);1-2H3. The molecule has 1 fully saturated rings. The molecular weight excluding hydrogens is 506 g/mol. The predicted octanol–water partition coefficient (Wildman–Crippen LogP) is 3.45. The van der Waals surface area contributed by atoms with E-state index < -0.39 is 17.4 Å². The number of rotatable bonds is 8. The summed E-state index contributed by atoms with van der Waals surface area (Å²) in [5.41, 5.74) is 1.73. The van der Waals surface area contributed by atoms with Gasteiger partial charge in [0, 0.05) is 44.4 Å². The fourth-order valence-corrected chi connectivity index (χ4v) is 4.45. The highest BCUT2D eigenvalue weighted by atomic mass is 19.1. The Bertz CT molecular complexity index is 1500. The zero-order valence-corrected chi connectivity index (χ0v) is 22.5. The molecule has 2 aromatic carbocycles. The first kappa shape index (κ1) is 28.2. The molecular formula is C28H34F2N6O3. The lowest BCUT2D eigenvalue weighted by Gasteiger charge is -2.32. The normalized spacial score (nSPS) is 14.3. The van der Waals surface area contributed by atoms with Gasteiger partial charge < -0.3 is 24.5 Å². The van der Waals surface area contributed by atoms with Crippen LogP contribution in [-0.2, 0) is 6.54 Å². The van der Waals surface area contributed by atoms with Crippen LogP contribution in [0.15, 0.2) is 52.1 Å². The third kappa shape index (κ3) is 6.98. The summed E-state index contributed by atoms with van der Waals surface area (Å²) in [7, 11) is 2.09. The zero-order chi connectivity index (χ0) is 27.9. The number of halogens is 2. The van der Waals surface area contributed by atoms with Crippen molar-refractivity contribution in [3.8, 4) is 17.0 Å². The molecule has 1 aliphatic heterocycles. The van der Waals surface area contributed by atoms with Gasteiger partial charge in [-0.1, -0.05) is 19.9 Å². The molecule has 39 heavy (non-hydrogen) atoms. The lowest BCUT2D eigenvalue weighted by molar-refractivity contribution is 0.144. The van der Waals surface area contributed by atoms with Crippen LogP contribution in [0.1, 0.15) is 25.8 Å². The number of aromatic nitrogens is 4. The van der Waals surface area contributed by atoms with E-state index in [1.54, 1.807) is 18.2 Å². The van der Waals surface area contributed by atoms with Gasteiger partial charge in [0.15, 0.2) is 17.4 Å². The van der Waals surface area contributed by atoms with Crippen LogP contribution in [0.25, 0.3) is 22.3 Å². The van der Waals surface area contributed by atoms with Crippen molar-refractivity contribution in [2.24, 2.45) is 0 Å². The van der Waals surface area contributed by atoms with Gasteiger partial charge in [-0.2, -0.15) is 5.10 Å². The van der Waals surface area contributed by atoms with E-state index in [0.29, 0.717) is 17.5 Å². The molecule has 9 nitrogen and oxygen atoms in total. The first-order chi connectivity index (χ1) is 18.9. The minimum atomic E-state index is -0.823. The second-order valence-corrected chi connectivity index (χ2v) is 9.29. The molecule has 0 saturated carbocycles. The van der Waals surface area contributed by atoms with Gasteiger partial charge in [0.2, 0.25) is 0 Å². The monoisotopic (exact) mass is 540 g/mol. The molecule has 2 aromatic heterocycles. The SMILES string of the molecule is CC.CN1CCN(CCCOc2c(F)cc(-c3ccc(=O)n(Cc4ccc5[nH]c(=O)[nH]c5c4)n3)cc2F)CC1. The van der Waals surface area contributed by atoms with Crippen LogP contribution in [-0.4, -0.2) is 75.9 Å². The van der Waals surface area contributed by atoms with Gasteiger partial charge in [-0.25, -0.2) is 18.3 Å². The minimum absolute atomic E-state index is 0.120. The van der Waals surface area contributed by atoms with Crippen LogP contribution in [0.3, 0.4) is 0 Å². The summed E-state index contributed by atoms with van der Waals surface area (Å²) >= 11 is 0. The molecule has 0 spiro atoms. The summed E-state index contributed by atoms with van der Waals surface area (Å²) < 4.78 is 36.2. The van der Waals surface area contributed by atoms with E-state index in [4.69, 9.17) is 4.74 Å². The Kier molecular flexibility index (Phi) is 9.26. The summed E-state index contributed by atoms with van der Waals surface area (Å²) in [6, 6.07) is 10.3. The van der Waals surface area contributed by atoms with Gasteiger partial charge in [0.05, 0.1) is 29.9 Å². The van der Waals surface area contributed by atoms with E-state index in [9.17, 15) is 18.4 Å². The van der Waals surface area contributed by atoms with Gasteiger partial charge >= 0.3 is 5.69 Å². The van der Waals surface area contributed by atoms with Crippen LogP contribution in [0, 0.1) is 11.6 Å². The van der Waals surface area contributed by atoms with E-state index >= 15 is 0 Å². The smallest absolute Gasteiger partial charge is 0.323 e. The largest absolute Gasteiger partial charge is 0.488 e. The number of hydrogen-bond acceptors (Lipinski definition) is 6. The summed E-state index contributed by atoms with van der Waals surface area (Å²) in [4.78, 5) is 33.8. The average Bonchev–Trinajstić information content (AvgIpc) is 3.30. The van der Waals surface area contributed by atoms with E-state index in [-0.39, 0.29) is 35.7 Å². The molecule has 0 radical (unpaired) electrons. The van der Waals surface area contributed by atoms with E-state index in [1.807, 2.05) is 13.8 Å². The average molecular weight is 541 g/mol. The van der Waals surface area contributed by atoms with Crippen molar-refractivity contribution in [2.75, 3.05) is 46.4 Å². The summed E-state index contributed by atoms with van der Waals surface area (Å²) in [5, 5.41) is 4.31. The zero-order valence-electron chi connectivity index (χ0n) is 22.5. The fourth-order valence-electron chi connectivity index (χ4n) is 4.45. The van der Waals surface area contributed by atoms with Crippen LogP contribution in [0.2, 0.25) is 0 Å². The first-order valence-corrected chi connectivity index (χ1v) is 13.2. The number of ether oxygens (including phenoxy) is 1. The second-order valence-electron chi connectivity index (χ2n) is 9.29. The van der Waals surface area contributed by atoms with E-state index in [1.165, 1.54) is 16.8 Å². The molecule has 0 bridgehead atoms. The molecule has 0 aliphatic carbocycles. The first-order valence-electron chi connectivity index (χ1n) is 13.2. The Morgan fingerprint density at radius 3 is 2.33 bits per heavy atom. The molecule has 2 N–H and O–H groups in total. The van der Waals surface area contributed by atoms with Crippen molar-refractivity contribution in [1.29, 1.82) is 0 Å². The number of likely N-dealkylation sites (N-methyl/N-ethyl adjacent to an activating group) is 1. The van der Waals surface area contributed by atoms with Gasteiger partial charge in [0.25, 0.3) is 5.56 Å². The molecule has 11 heteroatoms. The number of benzene rings is 2. The number of H-pyrrole nitrogens is 2. The Hall–Kier alpha value is -3.83. The summed E-state index contributed by atoms with van der Waals surface area (Å²) in [5.74, 6) is -2.06. The van der Waals surface area contributed by atoms with Crippen molar-refractivity contribution < 1.29 is 13.5 Å². The number of imidazole rings is 1. The predicted molar refractivity (Wildman–Crippen MR) is 147 cm³/mol. The molecule has 208 valence electrons. The van der Waals surface area contributed by atoms with Crippen molar-refractivity contribution in [3.63, 3.8) is 0 Å². The molecule has 4 aromatic rings. The Morgan fingerprint density at radius 1 is 0.923 bits per heavy atom. The Labute approximate surface area is 225 Å². The maximum atomic E-state index is 14.8. The number of hydrogen-bond donors (Lipinski definition) is 2. The topological polar surface area (TPSA) is 99.2 Å². The second kappa shape index (κ2) is 12.8. The van der Waals surface area contributed by atoms with Gasteiger partial charge in [-0.3, -0.25) is 4.79 Å². The fraction of sp³-hybridized carbons (Fsp3) is 0.393. The van der Waals surface area contributed by atoms with Crippen molar-refractivity contribution in [2.45, 2.75) is 26.8 Å². The molecule has 5 rings (SSSR count). The summed E-state index contributed by atoms with van der Waals surface area (Å²) in [6.45, 7) is 9.11. The molecule has 0 unspecified atom stereocenters. The number of piperazine rings is 1. The lowest BCUT2D eigenvalue weighted by atomic mass is 10.1. The van der Waals surface area contributed by atoms with Crippen molar-refractivity contribution in [1.82, 2.24) is 29.5 Å². The highest BCUT2D eigenvalue weighted by Crippen LogP contribution is 2.28. The van der Waals surface area contributed by atoms with E-state index in [2.05, 4.69) is 31.9 Å². The maximum Gasteiger partial charge on any atom is 0.323 e. The third-order valence-corrected chi connectivity index (χ3v) is 6.53. The maximum absolute atomic E-state index is 14.8. The lowest BCUT2D eigenvalue weighted by Crippen LogP contribution is -2.44. The number of aromatic amines is 2. The van der Waals surface area contributed by atoms with Gasteiger partial charge in [-0.15, -0.1) is 0 Å². The van der Waals surface area contributed by atoms with Crippen LogP contribution in [0.5, 0.6) is 5.75 Å². The quantitative estimate of drug-likeness (QED) is 0.332. The molecule has 3 heterocycles. The highest BCUT2D eigenvalue weighted by molar-refractivity contribution is 5.75. The van der Waals surface area contributed by atoms with Crippen molar-refractivity contribution in [3.05, 3.63) is 80.5 Å². The van der Waals surface area contributed by atoms with Crippen LogP contribution >= 0.6 is 0 Å². The third-order valence-electron chi connectivity index (χ3n) is 6.53. The van der Waals surface area contributed by atoms with Gasteiger partial charge in [0.1, 0.15) is 0 Å². The van der Waals surface area contributed by atoms with Crippen LogP contribution < -0.4 is 16.0 Å². The molecule has 1 saturated heterocycles. The Balaban J connectivity index is 0.00000172. The van der Waals surface area contributed by atoms with Crippen molar-refractivity contribution >= 4 is 11.0 Å². The number of fused-ring (bicyclic) bond motifs is 1. The van der Waals surface area contributed by atoms with E-state index in [0.717, 1.165) is 50.4 Å². The molecule has 0 amide bonds. The molecule has 0 atom stereocenters.